The minimum Gasteiger partial charge on any atom is -0.406 e. The van der Waals surface area contributed by atoms with Gasteiger partial charge in [0, 0.05) is 24.0 Å². The molecule has 0 aliphatic carbocycles. The number of fused-ring (bicyclic) bond motifs is 1. The number of benzene rings is 1. The Morgan fingerprint density at radius 1 is 1.21 bits per heavy atom. The van der Waals surface area contributed by atoms with Gasteiger partial charge in [-0.15, -0.1) is 36.9 Å². The third-order valence-corrected chi connectivity index (χ3v) is 5.71. The fraction of sp³-hybridized carbons (Fsp3) is 0.333. The monoisotopic (exact) mass is 465 g/mol. The molecule has 0 unspecified atom stereocenters. The molecule has 0 radical (unpaired) electrons. The summed E-state index contributed by atoms with van der Waals surface area (Å²) in [5.41, 5.74) is 0.522. The maximum Gasteiger partial charge on any atom is 0.573 e. The molecule has 0 bridgehead atoms. The number of halogens is 4. The van der Waals surface area contributed by atoms with Crippen LogP contribution in [-0.2, 0) is 11.2 Å². The van der Waals surface area contributed by atoms with Gasteiger partial charge in [-0.05, 0) is 37.7 Å². The number of carbonyl (C=O) groups is 1. The molecule has 2 aromatic heterocycles. The van der Waals surface area contributed by atoms with E-state index in [9.17, 15) is 18.0 Å². The molecule has 11 heteroatoms. The van der Waals surface area contributed by atoms with Crippen LogP contribution in [0.2, 0.25) is 0 Å². The molecule has 0 N–H and O–H groups in total. The number of rotatable bonds is 7. The first-order valence-corrected chi connectivity index (χ1v) is 10.0. The Hall–Kier alpha value is -1.88. The molecule has 0 saturated heterocycles. The lowest BCUT2D eigenvalue weighted by molar-refractivity contribution is -0.274. The number of hydrogen-bond acceptors (Lipinski definition) is 6. The van der Waals surface area contributed by atoms with E-state index in [0.717, 1.165) is 4.88 Å². The minimum atomic E-state index is -4.75. The summed E-state index contributed by atoms with van der Waals surface area (Å²) in [5.74, 6) is -0.407. The van der Waals surface area contributed by atoms with Gasteiger partial charge in [-0.1, -0.05) is 17.4 Å². The fourth-order valence-corrected chi connectivity index (χ4v) is 4.22. The van der Waals surface area contributed by atoms with Gasteiger partial charge in [0.2, 0.25) is 5.91 Å². The summed E-state index contributed by atoms with van der Waals surface area (Å²) in [6, 6.07) is 7.75. The van der Waals surface area contributed by atoms with Crippen LogP contribution in [0, 0.1) is 0 Å². The van der Waals surface area contributed by atoms with E-state index in [1.165, 1.54) is 40.9 Å². The van der Waals surface area contributed by atoms with Crippen LogP contribution in [0.4, 0.5) is 18.3 Å². The summed E-state index contributed by atoms with van der Waals surface area (Å²) in [6.07, 6.45) is -4.50. The van der Waals surface area contributed by atoms with Crippen LogP contribution in [0.25, 0.3) is 10.2 Å². The normalized spacial score (nSPS) is 11.5. The van der Waals surface area contributed by atoms with Crippen molar-refractivity contribution in [3.8, 4) is 5.75 Å². The van der Waals surface area contributed by atoms with Gasteiger partial charge in [0.25, 0.3) is 0 Å². The van der Waals surface area contributed by atoms with Crippen molar-refractivity contribution in [3.63, 3.8) is 0 Å². The van der Waals surface area contributed by atoms with Crippen LogP contribution in [0.3, 0.4) is 0 Å². The number of anilines is 1. The van der Waals surface area contributed by atoms with Gasteiger partial charge in [0.05, 0.1) is 16.6 Å². The summed E-state index contributed by atoms with van der Waals surface area (Å²) in [4.78, 5) is 21.8. The second-order valence-electron chi connectivity index (χ2n) is 6.28. The minimum absolute atomic E-state index is 0. The lowest BCUT2D eigenvalue weighted by atomic mass is 10.3. The van der Waals surface area contributed by atoms with E-state index in [0.29, 0.717) is 28.4 Å². The van der Waals surface area contributed by atoms with Crippen molar-refractivity contribution in [2.45, 2.75) is 12.8 Å². The number of nitrogens with zero attached hydrogens (tertiary/aromatic N) is 3. The number of likely N-dealkylation sites (N-methyl/N-ethyl adjacent to an activating group) is 1. The summed E-state index contributed by atoms with van der Waals surface area (Å²) in [5, 5.41) is 2.37. The second-order valence-corrected chi connectivity index (χ2v) is 8.32. The van der Waals surface area contributed by atoms with Gasteiger partial charge in [-0.3, -0.25) is 9.69 Å². The molecule has 0 atom stereocenters. The lowest BCUT2D eigenvalue weighted by Gasteiger charge is -2.21. The number of aromatic nitrogens is 1. The topological polar surface area (TPSA) is 45.7 Å². The number of alkyl halides is 3. The zero-order valence-corrected chi connectivity index (χ0v) is 18.1. The molecule has 3 rings (SSSR count). The number of carbonyl (C=O) groups excluding carboxylic acids is 1. The third-order valence-electron chi connectivity index (χ3n) is 3.79. The van der Waals surface area contributed by atoms with E-state index in [1.807, 2.05) is 36.5 Å². The van der Waals surface area contributed by atoms with Gasteiger partial charge in [0.15, 0.2) is 5.13 Å². The summed E-state index contributed by atoms with van der Waals surface area (Å²) in [6.45, 7) is 1.07. The van der Waals surface area contributed by atoms with Gasteiger partial charge >= 0.3 is 6.36 Å². The van der Waals surface area contributed by atoms with E-state index < -0.39 is 6.36 Å². The summed E-state index contributed by atoms with van der Waals surface area (Å²) in [7, 11) is 3.81. The van der Waals surface area contributed by atoms with Gasteiger partial charge in [-0.2, -0.15) is 0 Å². The highest BCUT2D eigenvalue weighted by Crippen LogP contribution is 2.33. The Bertz CT molecular complexity index is 946. The predicted molar refractivity (Wildman–Crippen MR) is 112 cm³/mol. The highest BCUT2D eigenvalue weighted by Gasteiger charge is 2.31. The molecule has 29 heavy (non-hydrogen) atoms. The Morgan fingerprint density at radius 3 is 2.59 bits per heavy atom. The molecule has 3 aromatic rings. The molecule has 0 saturated carbocycles. The Labute approximate surface area is 180 Å². The predicted octanol–water partition coefficient (Wildman–Crippen LogP) is 4.82. The van der Waals surface area contributed by atoms with Crippen LogP contribution >= 0.6 is 35.1 Å². The van der Waals surface area contributed by atoms with Gasteiger partial charge in [0.1, 0.15) is 5.75 Å². The van der Waals surface area contributed by atoms with E-state index in [2.05, 4.69) is 9.72 Å². The first-order valence-electron chi connectivity index (χ1n) is 8.35. The highest BCUT2D eigenvalue weighted by molar-refractivity contribution is 7.22. The van der Waals surface area contributed by atoms with Crippen LogP contribution in [-0.4, -0.2) is 49.3 Å². The molecule has 0 spiro atoms. The van der Waals surface area contributed by atoms with E-state index in [-0.39, 0.29) is 30.5 Å². The molecule has 0 aliphatic heterocycles. The maximum atomic E-state index is 12.9. The molecular formula is C18H19ClF3N3O2S2. The summed E-state index contributed by atoms with van der Waals surface area (Å²) < 4.78 is 41.8. The standard InChI is InChI=1S/C18H18F3N3O2S2.ClH/c1-23(2)7-8-24(16(25)11-13-4-3-9-27-13)17-22-14-6-5-12(10-15(14)28-17)26-18(19,20)21;/h3-6,9-10H,7-8,11H2,1-2H3;1H. The molecule has 5 nitrogen and oxygen atoms in total. The lowest BCUT2D eigenvalue weighted by Crippen LogP contribution is -2.37. The Kier molecular flexibility index (Phi) is 7.87. The maximum absolute atomic E-state index is 12.9. The summed E-state index contributed by atoms with van der Waals surface area (Å²) >= 11 is 2.67. The smallest absolute Gasteiger partial charge is 0.406 e. The van der Waals surface area contributed by atoms with E-state index in [4.69, 9.17) is 0 Å². The first-order chi connectivity index (χ1) is 13.2. The average molecular weight is 466 g/mol. The van der Waals surface area contributed by atoms with Crippen LogP contribution in [0.15, 0.2) is 35.7 Å². The molecule has 0 aliphatic rings. The van der Waals surface area contributed by atoms with Crippen molar-refractivity contribution in [1.29, 1.82) is 0 Å². The molecule has 1 amide bonds. The number of ether oxygens (including phenoxy) is 1. The van der Waals surface area contributed by atoms with Crippen molar-refractivity contribution in [1.82, 2.24) is 9.88 Å². The second kappa shape index (κ2) is 9.75. The van der Waals surface area contributed by atoms with E-state index >= 15 is 0 Å². The van der Waals surface area contributed by atoms with Crippen LogP contribution < -0.4 is 9.64 Å². The number of amides is 1. The van der Waals surface area contributed by atoms with Crippen LogP contribution in [0.1, 0.15) is 4.88 Å². The molecular weight excluding hydrogens is 447 g/mol. The molecule has 158 valence electrons. The number of hydrogen-bond donors (Lipinski definition) is 0. The van der Waals surface area contributed by atoms with Crippen molar-refractivity contribution in [2.75, 3.05) is 32.1 Å². The highest BCUT2D eigenvalue weighted by atomic mass is 35.5. The Balaban J connectivity index is 0.00000300. The molecule has 0 fully saturated rings. The fourth-order valence-electron chi connectivity index (χ4n) is 2.49. The molecule has 1 aromatic carbocycles. The third kappa shape index (κ3) is 6.56. The SMILES string of the molecule is CN(C)CCN(C(=O)Cc1cccs1)c1nc2ccc(OC(F)(F)F)cc2s1.Cl. The molecule has 2 heterocycles. The van der Waals surface area contributed by atoms with Crippen molar-refractivity contribution in [2.24, 2.45) is 0 Å². The zero-order chi connectivity index (χ0) is 20.3. The zero-order valence-electron chi connectivity index (χ0n) is 15.6. The Morgan fingerprint density at radius 2 is 1.97 bits per heavy atom. The van der Waals surface area contributed by atoms with Gasteiger partial charge in [-0.25, -0.2) is 4.98 Å². The average Bonchev–Trinajstić information content (AvgIpc) is 3.22. The van der Waals surface area contributed by atoms with E-state index in [1.54, 1.807) is 4.90 Å². The largest absolute Gasteiger partial charge is 0.573 e. The van der Waals surface area contributed by atoms with Crippen molar-refractivity contribution < 1.29 is 22.7 Å². The van der Waals surface area contributed by atoms with Crippen molar-refractivity contribution >= 4 is 56.3 Å². The number of thiophene rings is 1. The van der Waals surface area contributed by atoms with Gasteiger partial charge < -0.3 is 9.64 Å². The quantitative estimate of drug-likeness (QED) is 0.502. The van der Waals surface area contributed by atoms with Crippen LogP contribution in [0.5, 0.6) is 5.75 Å². The number of thiazole rings is 1. The first kappa shape index (κ1) is 23.4. The van der Waals surface area contributed by atoms with Crippen molar-refractivity contribution in [3.05, 3.63) is 40.6 Å².